The van der Waals surface area contributed by atoms with Gasteiger partial charge in [0, 0.05) is 23.5 Å². The highest BCUT2D eigenvalue weighted by atomic mass is 16.5. The Morgan fingerprint density at radius 1 is 1.29 bits per heavy atom. The number of nitrogens with one attached hydrogen (secondary N) is 1. The minimum absolute atomic E-state index is 0.0256. The molecule has 0 radical (unpaired) electrons. The van der Waals surface area contributed by atoms with Crippen molar-refractivity contribution in [1.29, 1.82) is 0 Å². The Hall–Kier alpha value is -2.83. The van der Waals surface area contributed by atoms with E-state index in [1.165, 1.54) is 6.20 Å². The lowest BCUT2D eigenvalue weighted by Crippen LogP contribution is -2.22. The number of carbonyl (C=O) groups excluding carboxylic acids is 2. The van der Waals surface area contributed by atoms with E-state index in [0.717, 1.165) is 0 Å². The van der Waals surface area contributed by atoms with Crippen molar-refractivity contribution in [2.45, 2.75) is 12.8 Å². The van der Waals surface area contributed by atoms with Crippen molar-refractivity contribution in [3.8, 4) is 5.75 Å². The van der Waals surface area contributed by atoms with Crippen LogP contribution in [0.3, 0.4) is 0 Å². The van der Waals surface area contributed by atoms with E-state index in [1.807, 2.05) is 0 Å². The maximum Gasteiger partial charge on any atom is 0.303 e. The number of H-pyrrole nitrogens is 1. The highest BCUT2D eigenvalue weighted by Gasteiger charge is 2.17. The molecule has 1 aromatic carbocycles. The molecule has 7 heteroatoms. The van der Waals surface area contributed by atoms with Gasteiger partial charge in [0.15, 0.2) is 0 Å². The van der Waals surface area contributed by atoms with Gasteiger partial charge >= 0.3 is 5.97 Å². The molecule has 0 aliphatic rings. The molecule has 2 aromatic rings. The van der Waals surface area contributed by atoms with Crippen LogP contribution in [-0.2, 0) is 9.59 Å². The summed E-state index contributed by atoms with van der Waals surface area (Å²) in [6.07, 6.45) is 1.83. The van der Waals surface area contributed by atoms with Crippen LogP contribution < -0.4 is 10.5 Å². The number of amides is 1. The fourth-order valence-electron chi connectivity index (χ4n) is 1.92. The molecule has 0 spiro atoms. The standard InChI is InChI=1S/C14H14N2O5/c15-14(20)13(19)10-7-16-11-4-3-8(6-9(10)11)21-5-1-2-12(17)18/h3-4,6-7,16H,1-2,5H2,(H2,15,20)(H,17,18). The maximum atomic E-state index is 11.7. The van der Waals surface area contributed by atoms with Gasteiger partial charge in [-0.15, -0.1) is 0 Å². The molecule has 1 aromatic heterocycles. The number of hydrogen-bond acceptors (Lipinski definition) is 4. The van der Waals surface area contributed by atoms with Crippen molar-refractivity contribution < 1.29 is 24.2 Å². The Morgan fingerprint density at radius 2 is 2.05 bits per heavy atom. The van der Waals surface area contributed by atoms with E-state index in [4.69, 9.17) is 15.6 Å². The van der Waals surface area contributed by atoms with Crippen LogP contribution in [0.2, 0.25) is 0 Å². The minimum Gasteiger partial charge on any atom is -0.494 e. The second-order valence-electron chi connectivity index (χ2n) is 4.45. The van der Waals surface area contributed by atoms with E-state index in [9.17, 15) is 14.4 Å². The summed E-state index contributed by atoms with van der Waals surface area (Å²) in [5.41, 5.74) is 5.86. The zero-order valence-electron chi connectivity index (χ0n) is 11.1. The van der Waals surface area contributed by atoms with Crippen LogP contribution in [0.5, 0.6) is 5.75 Å². The highest BCUT2D eigenvalue weighted by Crippen LogP contribution is 2.24. The largest absolute Gasteiger partial charge is 0.494 e. The van der Waals surface area contributed by atoms with Gasteiger partial charge in [0.2, 0.25) is 0 Å². The molecule has 0 atom stereocenters. The number of ether oxygens (including phenoxy) is 1. The van der Waals surface area contributed by atoms with Crippen molar-refractivity contribution in [2.75, 3.05) is 6.61 Å². The van der Waals surface area contributed by atoms with Gasteiger partial charge in [0.25, 0.3) is 11.7 Å². The van der Waals surface area contributed by atoms with Gasteiger partial charge in [-0.1, -0.05) is 0 Å². The van der Waals surface area contributed by atoms with E-state index in [0.29, 0.717) is 23.1 Å². The number of carboxylic acids is 1. The van der Waals surface area contributed by atoms with Crippen molar-refractivity contribution >= 4 is 28.6 Å². The summed E-state index contributed by atoms with van der Waals surface area (Å²) in [6, 6.07) is 5.01. The molecule has 0 saturated heterocycles. The predicted octanol–water partition coefficient (Wildman–Crippen LogP) is 1.08. The number of Topliss-reactive ketones (excluding diaryl/α,β-unsaturated/α-hetero) is 1. The average molecular weight is 290 g/mol. The van der Waals surface area contributed by atoms with Gasteiger partial charge in [-0.05, 0) is 24.6 Å². The van der Waals surface area contributed by atoms with Gasteiger partial charge < -0.3 is 20.6 Å². The van der Waals surface area contributed by atoms with Crippen molar-refractivity contribution in [2.24, 2.45) is 5.73 Å². The number of carboxylic acid groups (broad SMARTS) is 1. The lowest BCUT2D eigenvalue weighted by molar-refractivity contribution is -0.137. The third kappa shape index (κ3) is 3.38. The Labute approximate surface area is 119 Å². The number of ketones is 1. The first-order valence-electron chi connectivity index (χ1n) is 6.29. The summed E-state index contributed by atoms with van der Waals surface area (Å²) in [4.78, 5) is 35.9. The number of aromatic amines is 1. The average Bonchev–Trinajstić information content (AvgIpc) is 2.85. The Kier molecular flexibility index (Phi) is 4.22. The number of carbonyl (C=O) groups is 3. The summed E-state index contributed by atoms with van der Waals surface area (Å²) >= 11 is 0. The number of fused-ring (bicyclic) bond motifs is 1. The van der Waals surface area contributed by atoms with Gasteiger partial charge in [0.05, 0.1) is 12.2 Å². The number of hydrogen-bond donors (Lipinski definition) is 3. The number of primary amides is 1. The molecule has 2 rings (SSSR count). The molecule has 0 saturated carbocycles. The molecule has 0 aliphatic carbocycles. The summed E-state index contributed by atoms with van der Waals surface area (Å²) in [7, 11) is 0. The van der Waals surface area contributed by atoms with E-state index in [1.54, 1.807) is 18.2 Å². The summed E-state index contributed by atoms with van der Waals surface area (Å²) < 4.78 is 5.42. The number of nitrogens with two attached hydrogens (primary N) is 1. The summed E-state index contributed by atoms with van der Waals surface area (Å²) in [5, 5.41) is 9.07. The highest BCUT2D eigenvalue weighted by molar-refractivity contribution is 6.44. The SMILES string of the molecule is NC(=O)C(=O)c1c[nH]c2ccc(OCCCC(=O)O)cc12. The number of rotatable bonds is 7. The predicted molar refractivity (Wildman–Crippen MR) is 74.2 cm³/mol. The molecule has 0 unspecified atom stereocenters. The smallest absolute Gasteiger partial charge is 0.303 e. The number of benzene rings is 1. The van der Waals surface area contributed by atoms with Crippen LogP contribution in [0, 0.1) is 0 Å². The lowest BCUT2D eigenvalue weighted by atomic mass is 10.1. The maximum absolute atomic E-state index is 11.7. The van der Waals surface area contributed by atoms with Gasteiger partial charge in [0.1, 0.15) is 5.75 Å². The van der Waals surface area contributed by atoms with Gasteiger partial charge in [-0.25, -0.2) is 0 Å². The second kappa shape index (κ2) is 6.08. The molecule has 21 heavy (non-hydrogen) atoms. The van der Waals surface area contributed by atoms with Crippen LogP contribution in [0.25, 0.3) is 10.9 Å². The lowest BCUT2D eigenvalue weighted by Gasteiger charge is -2.05. The molecular weight excluding hydrogens is 276 g/mol. The molecule has 0 bridgehead atoms. The molecule has 4 N–H and O–H groups in total. The molecule has 1 heterocycles. The Bertz CT molecular complexity index is 704. The van der Waals surface area contributed by atoms with E-state index in [-0.39, 0.29) is 18.6 Å². The monoisotopic (exact) mass is 290 g/mol. The van der Waals surface area contributed by atoms with E-state index in [2.05, 4.69) is 4.98 Å². The zero-order chi connectivity index (χ0) is 15.4. The third-order valence-corrected chi connectivity index (χ3v) is 2.93. The van der Waals surface area contributed by atoms with E-state index >= 15 is 0 Å². The number of aliphatic carboxylic acids is 1. The van der Waals surface area contributed by atoms with Crippen LogP contribution in [-0.4, -0.2) is 34.4 Å². The quantitative estimate of drug-likeness (QED) is 0.400. The fraction of sp³-hybridized carbons (Fsp3) is 0.214. The second-order valence-corrected chi connectivity index (χ2v) is 4.45. The zero-order valence-corrected chi connectivity index (χ0v) is 11.1. The molecular formula is C14H14N2O5. The van der Waals surface area contributed by atoms with Gasteiger partial charge in [-0.3, -0.25) is 14.4 Å². The summed E-state index contributed by atoms with van der Waals surface area (Å²) in [5.74, 6) is -2.19. The molecule has 110 valence electrons. The molecule has 7 nitrogen and oxygen atoms in total. The van der Waals surface area contributed by atoms with Crippen LogP contribution >= 0.6 is 0 Å². The van der Waals surface area contributed by atoms with E-state index < -0.39 is 17.7 Å². The normalized spacial score (nSPS) is 10.5. The van der Waals surface area contributed by atoms with Crippen LogP contribution in [0.15, 0.2) is 24.4 Å². The topological polar surface area (TPSA) is 122 Å². The first kappa shape index (κ1) is 14.6. The van der Waals surface area contributed by atoms with Crippen molar-refractivity contribution in [1.82, 2.24) is 4.98 Å². The Balaban J connectivity index is 2.16. The summed E-state index contributed by atoms with van der Waals surface area (Å²) in [6.45, 7) is 0.251. The van der Waals surface area contributed by atoms with Crippen molar-refractivity contribution in [3.05, 3.63) is 30.0 Å². The third-order valence-electron chi connectivity index (χ3n) is 2.93. The first-order valence-corrected chi connectivity index (χ1v) is 6.29. The number of aromatic nitrogens is 1. The first-order chi connectivity index (χ1) is 9.99. The molecule has 1 amide bonds. The van der Waals surface area contributed by atoms with Crippen LogP contribution in [0.1, 0.15) is 23.2 Å². The van der Waals surface area contributed by atoms with Gasteiger partial charge in [-0.2, -0.15) is 0 Å². The molecule has 0 aliphatic heterocycles. The molecule has 0 fully saturated rings. The van der Waals surface area contributed by atoms with Crippen LogP contribution in [0.4, 0.5) is 0 Å². The minimum atomic E-state index is -1.02. The van der Waals surface area contributed by atoms with Crippen molar-refractivity contribution in [3.63, 3.8) is 0 Å². The fourth-order valence-corrected chi connectivity index (χ4v) is 1.92. The Morgan fingerprint density at radius 3 is 2.71 bits per heavy atom.